The van der Waals surface area contributed by atoms with Crippen molar-refractivity contribution in [2.45, 2.75) is 11.1 Å². The zero-order valence-electron chi connectivity index (χ0n) is 11.5. The van der Waals surface area contributed by atoms with Gasteiger partial charge in [-0.05, 0) is 43.3 Å². The van der Waals surface area contributed by atoms with Gasteiger partial charge in [-0.3, -0.25) is 4.31 Å². The zero-order chi connectivity index (χ0) is 15.6. The Bertz CT molecular complexity index is 764. The number of sulfonamides is 1. The lowest BCUT2D eigenvalue weighted by Gasteiger charge is -2.18. The minimum atomic E-state index is -3.57. The van der Waals surface area contributed by atoms with Crippen molar-refractivity contribution in [1.29, 1.82) is 0 Å². The summed E-state index contributed by atoms with van der Waals surface area (Å²) in [5.41, 5.74) is 6.48. The van der Waals surface area contributed by atoms with Gasteiger partial charge < -0.3 is 10.9 Å². The number of hydrogen-bond acceptors (Lipinski definition) is 5. The largest absolute Gasteiger partial charge is 0.409 e. The average molecular weight is 325 g/mol. The molecule has 0 spiro atoms. The van der Waals surface area contributed by atoms with Crippen LogP contribution in [0.1, 0.15) is 10.4 Å². The quantitative estimate of drug-likeness (QED) is 0.389. The Labute approximate surface area is 127 Å². The fourth-order valence-corrected chi connectivity index (χ4v) is 4.37. The summed E-state index contributed by atoms with van der Waals surface area (Å²) >= 11 is 1.23. The number of amidine groups is 1. The van der Waals surface area contributed by atoms with Crippen LogP contribution >= 0.6 is 11.3 Å². The standard InChI is InChI=1S/C13H15N3O3S2/c1-9-3-8-12(20-9)21(18,19)16(2)11-6-4-10(5-7-11)13(14)15-17/h3-8,17H,1-2H3,(H2,14,15). The molecule has 2 rings (SSSR count). The molecule has 0 saturated heterocycles. The summed E-state index contributed by atoms with van der Waals surface area (Å²) in [6, 6.07) is 9.76. The topological polar surface area (TPSA) is 96.0 Å². The van der Waals surface area contributed by atoms with Gasteiger partial charge in [0, 0.05) is 17.5 Å². The van der Waals surface area contributed by atoms with E-state index in [9.17, 15) is 8.42 Å². The van der Waals surface area contributed by atoms with E-state index < -0.39 is 10.0 Å². The first-order chi connectivity index (χ1) is 9.86. The van der Waals surface area contributed by atoms with Crippen molar-refractivity contribution in [2.75, 3.05) is 11.4 Å². The highest BCUT2D eigenvalue weighted by molar-refractivity contribution is 7.94. The maximum Gasteiger partial charge on any atom is 0.273 e. The number of benzene rings is 1. The molecule has 8 heteroatoms. The van der Waals surface area contributed by atoms with E-state index in [2.05, 4.69) is 5.16 Å². The van der Waals surface area contributed by atoms with Crippen LogP contribution in [-0.4, -0.2) is 26.5 Å². The first-order valence-electron chi connectivity index (χ1n) is 5.99. The smallest absolute Gasteiger partial charge is 0.273 e. The molecule has 0 saturated carbocycles. The number of anilines is 1. The maximum absolute atomic E-state index is 12.5. The summed E-state index contributed by atoms with van der Waals surface area (Å²) < 4.78 is 26.4. The van der Waals surface area contributed by atoms with Crippen LogP contribution in [0.4, 0.5) is 5.69 Å². The molecule has 0 atom stereocenters. The Balaban J connectivity index is 2.33. The number of thiophene rings is 1. The maximum atomic E-state index is 12.5. The van der Waals surface area contributed by atoms with Crippen LogP contribution in [0, 0.1) is 6.92 Å². The van der Waals surface area contributed by atoms with E-state index in [0.29, 0.717) is 15.5 Å². The Morgan fingerprint density at radius 3 is 2.33 bits per heavy atom. The summed E-state index contributed by atoms with van der Waals surface area (Å²) in [6.07, 6.45) is 0. The van der Waals surface area contributed by atoms with E-state index in [1.807, 2.05) is 6.92 Å². The molecular weight excluding hydrogens is 310 g/mol. The normalized spacial score (nSPS) is 12.4. The molecule has 3 N–H and O–H groups in total. The zero-order valence-corrected chi connectivity index (χ0v) is 13.1. The van der Waals surface area contributed by atoms with E-state index >= 15 is 0 Å². The third-order valence-electron chi connectivity index (χ3n) is 2.96. The summed E-state index contributed by atoms with van der Waals surface area (Å²) in [4.78, 5) is 0.934. The van der Waals surface area contributed by atoms with E-state index in [-0.39, 0.29) is 5.84 Å². The number of oxime groups is 1. The van der Waals surface area contributed by atoms with Crippen LogP contribution in [0.15, 0.2) is 45.8 Å². The second-order valence-corrected chi connectivity index (χ2v) is 7.85. The predicted octanol–water partition coefficient (Wildman–Crippen LogP) is 1.98. The van der Waals surface area contributed by atoms with Gasteiger partial charge in [-0.15, -0.1) is 11.3 Å². The van der Waals surface area contributed by atoms with Gasteiger partial charge in [-0.25, -0.2) is 8.42 Å². The van der Waals surface area contributed by atoms with Crippen molar-refractivity contribution in [2.24, 2.45) is 10.9 Å². The Morgan fingerprint density at radius 1 is 1.24 bits per heavy atom. The number of aryl methyl sites for hydroxylation is 1. The molecule has 1 heterocycles. The van der Waals surface area contributed by atoms with E-state index in [0.717, 1.165) is 4.88 Å². The first-order valence-corrected chi connectivity index (χ1v) is 8.25. The highest BCUT2D eigenvalue weighted by Crippen LogP contribution is 2.27. The van der Waals surface area contributed by atoms with Gasteiger partial charge in [0.25, 0.3) is 10.0 Å². The number of hydrogen-bond donors (Lipinski definition) is 2. The lowest BCUT2D eigenvalue weighted by Crippen LogP contribution is -2.25. The monoisotopic (exact) mass is 325 g/mol. The molecule has 0 aliphatic rings. The molecule has 21 heavy (non-hydrogen) atoms. The van der Waals surface area contributed by atoms with Gasteiger partial charge in [0.2, 0.25) is 0 Å². The van der Waals surface area contributed by atoms with Crippen molar-refractivity contribution < 1.29 is 13.6 Å². The van der Waals surface area contributed by atoms with Crippen molar-refractivity contribution in [3.8, 4) is 0 Å². The van der Waals surface area contributed by atoms with Crippen LogP contribution in [0.3, 0.4) is 0 Å². The molecule has 6 nitrogen and oxygen atoms in total. The molecule has 0 unspecified atom stereocenters. The van der Waals surface area contributed by atoms with Crippen LogP contribution in [0.5, 0.6) is 0 Å². The Hall–Kier alpha value is -2.06. The number of nitrogens with zero attached hydrogens (tertiary/aromatic N) is 2. The fourth-order valence-electron chi connectivity index (χ4n) is 1.72. The van der Waals surface area contributed by atoms with Gasteiger partial charge >= 0.3 is 0 Å². The lowest BCUT2D eigenvalue weighted by molar-refractivity contribution is 0.318. The summed E-state index contributed by atoms with van der Waals surface area (Å²) in [7, 11) is -2.08. The van der Waals surface area contributed by atoms with Gasteiger partial charge in [0.15, 0.2) is 5.84 Å². The Kier molecular flexibility index (Phi) is 4.19. The molecule has 0 bridgehead atoms. The van der Waals surface area contributed by atoms with Gasteiger partial charge in [0.05, 0.1) is 5.69 Å². The molecule has 0 radical (unpaired) electrons. The first kappa shape index (κ1) is 15.3. The highest BCUT2D eigenvalue weighted by Gasteiger charge is 2.22. The van der Waals surface area contributed by atoms with Crippen molar-refractivity contribution in [1.82, 2.24) is 0 Å². The van der Waals surface area contributed by atoms with Gasteiger partial charge in [-0.1, -0.05) is 5.16 Å². The van der Waals surface area contributed by atoms with Crippen LogP contribution in [0.2, 0.25) is 0 Å². The van der Waals surface area contributed by atoms with Crippen molar-refractivity contribution >= 4 is 32.9 Å². The fraction of sp³-hybridized carbons (Fsp3) is 0.154. The highest BCUT2D eigenvalue weighted by atomic mass is 32.2. The minimum Gasteiger partial charge on any atom is -0.409 e. The number of rotatable bonds is 4. The van der Waals surface area contributed by atoms with Crippen LogP contribution < -0.4 is 10.0 Å². The van der Waals surface area contributed by atoms with E-state index in [1.165, 1.54) is 22.7 Å². The molecule has 0 fully saturated rings. The molecule has 1 aromatic carbocycles. The third-order valence-corrected chi connectivity index (χ3v) is 6.22. The summed E-state index contributed by atoms with van der Waals surface area (Å²) in [5, 5.41) is 11.5. The molecule has 0 aliphatic heterocycles. The summed E-state index contributed by atoms with van der Waals surface area (Å²) in [6.45, 7) is 1.86. The predicted molar refractivity (Wildman–Crippen MR) is 83.6 cm³/mol. The molecule has 112 valence electrons. The molecule has 2 aromatic rings. The van der Waals surface area contributed by atoms with E-state index in [1.54, 1.807) is 36.4 Å². The van der Waals surface area contributed by atoms with Gasteiger partial charge in [0.1, 0.15) is 4.21 Å². The number of nitrogens with two attached hydrogens (primary N) is 1. The second-order valence-electron chi connectivity index (χ2n) is 4.37. The van der Waals surface area contributed by atoms with Crippen molar-refractivity contribution in [3.63, 3.8) is 0 Å². The third kappa shape index (κ3) is 3.01. The lowest BCUT2D eigenvalue weighted by atomic mass is 10.2. The van der Waals surface area contributed by atoms with Crippen LogP contribution in [0.25, 0.3) is 0 Å². The second kappa shape index (κ2) is 5.74. The van der Waals surface area contributed by atoms with E-state index in [4.69, 9.17) is 10.9 Å². The Morgan fingerprint density at radius 2 is 1.86 bits per heavy atom. The van der Waals surface area contributed by atoms with Gasteiger partial charge in [-0.2, -0.15) is 0 Å². The summed E-state index contributed by atoms with van der Waals surface area (Å²) in [5.74, 6) is -0.0269. The van der Waals surface area contributed by atoms with Crippen LogP contribution in [-0.2, 0) is 10.0 Å². The SMILES string of the molecule is Cc1ccc(S(=O)(=O)N(C)c2ccc(C(N)=NO)cc2)s1. The molecular formula is C13H15N3O3S2. The van der Waals surface area contributed by atoms with Crippen molar-refractivity contribution in [3.05, 3.63) is 46.8 Å². The molecule has 0 amide bonds. The molecule has 1 aromatic heterocycles. The minimum absolute atomic E-state index is 0.0269. The molecule has 0 aliphatic carbocycles. The average Bonchev–Trinajstić information content (AvgIpc) is 2.93.